The number of methoxy groups -OCH3 is 1. The van der Waals surface area contributed by atoms with Crippen molar-refractivity contribution >= 4 is 5.78 Å². The number of piperidine rings is 3. The number of carbonyl (C=O) groups excluding carboxylic acids is 1. The van der Waals surface area contributed by atoms with E-state index in [-0.39, 0.29) is 17.7 Å². The molecule has 0 spiro atoms. The van der Waals surface area contributed by atoms with Crippen LogP contribution in [0.25, 0.3) is 0 Å². The summed E-state index contributed by atoms with van der Waals surface area (Å²) < 4.78 is 5.38. The summed E-state index contributed by atoms with van der Waals surface area (Å²) in [6.45, 7) is 2.81. The second-order valence-electron chi connectivity index (χ2n) is 7.94. The monoisotopic (exact) mass is 363 g/mol. The molecule has 0 aliphatic carbocycles. The van der Waals surface area contributed by atoms with Crippen LogP contribution in [0.2, 0.25) is 0 Å². The smallest absolute Gasteiger partial charge is 0.185 e. The van der Waals surface area contributed by atoms with Gasteiger partial charge in [0.15, 0.2) is 5.78 Å². The van der Waals surface area contributed by atoms with Gasteiger partial charge in [-0.25, -0.2) is 0 Å². The number of benzene rings is 1. The van der Waals surface area contributed by atoms with Crippen LogP contribution < -0.4 is 10.1 Å². The van der Waals surface area contributed by atoms with Crippen LogP contribution >= 0.6 is 0 Å². The van der Waals surface area contributed by atoms with Crippen molar-refractivity contribution in [2.75, 3.05) is 26.7 Å². The van der Waals surface area contributed by atoms with Gasteiger partial charge in [0, 0.05) is 36.5 Å². The molecule has 4 aliphatic heterocycles. The summed E-state index contributed by atoms with van der Waals surface area (Å²) in [7, 11) is 1.65. The first-order valence-corrected chi connectivity index (χ1v) is 9.82. The van der Waals surface area contributed by atoms with E-state index >= 15 is 0 Å². The summed E-state index contributed by atoms with van der Waals surface area (Å²) >= 11 is 0. The molecule has 4 aliphatic rings. The third-order valence-corrected chi connectivity index (χ3v) is 6.86. The van der Waals surface area contributed by atoms with Crippen molar-refractivity contribution in [1.29, 1.82) is 0 Å². The standard InChI is InChI=1S/C22H25N3O2/c1-27-18-6-2-4-16(12-18)21(26)22-19(17-5-3-9-23-13-17)14-24-20(22)15-7-10-25(22)11-8-15/h2-6,9,12-13,15,19-20,24H,7-8,10-11,14H2,1H3. The van der Waals surface area contributed by atoms with Gasteiger partial charge in [-0.3, -0.25) is 14.7 Å². The van der Waals surface area contributed by atoms with Crippen molar-refractivity contribution < 1.29 is 9.53 Å². The summed E-state index contributed by atoms with van der Waals surface area (Å²) in [6.07, 6.45) is 6.07. The third-order valence-electron chi connectivity index (χ3n) is 6.86. The first-order valence-electron chi connectivity index (χ1n) is 9.82. The average Bonchev–Trinajstić information content (AvgIpc) is 3.18. The molecule has 6 rings (SSSR count). The van der Waals surface area contributed by atoms with Gasteiger partial charge in [-0.1, -0.05) is 18.2 Å². The van der Waals surface area contributed by atoms with E-state index in [0.29, 0.717) is 5.92 Å². The van der Waals surface area contributed by atoms with Crippen LogP contribution in [-0.2, 0) is 0 Å². The zero-order valence-electron chi connectivity index (χ0n) is 15.6. The van der Waals surface area contributed by atoms with Gasteiger partial charge in [0.25, 0.3) is 0 Å². The summed E-state index contributed by atoms with van der Waals surface area (Å²) in [5.74, 6) is 1.62. The lowest BCUT2D eigenvalue weighted by Crippen LogP contribution is -2.72. The van der Waals surface area contributed by atoms with E-state index in [1.165, 1.54) is 12.8 Å². The molecule has 27 heavy (non-hydrogen) atoms. The van der Waals surface area contributed by atoms with Gasteiger partial charge in [0.2, 0.25) is 0 Å². The molecule has 3 atom stereocenters. The van der Waals surface area contributed by atoms with Crippen LogP contribution in [-0.4, -0.2) is 54.0 Å². The van der Waals surface area contributed by atoms with Crippen LogP contribution in [0.4, 0.5) is 0 Å². The molecule has 2 aromatic rings. The Morgan fingerprint density at radius 2 is 2.11 bits per heavy atom. The Kier molecular flexibility index (Phi) is 4.02. The van der Waals surface area contributed by atoms with E-state index in [2.05, 4.69) is 21.3 Å². The minimum Gasteiger partial charge on any atom is -0.497 e. The van der Waals surface area contributed by atoms with Crippen LogP contribution in [0.5, 0.6) is 5.75 Å². The van der Waals surface area contributed by atoms with Gasteiger partial charge in [-0.2, -0.15) is 0 Å². The van der Waals surface area contributed by atoms with E-state index in [9.17, 15) is 4.79 Å². The Bertz CT molecular complexity index is 848. The van der Waals surface area contributed by atoms with Gasteiger partial charge in [-0.15, -0.1) is 0 Å². The topological polar surface area (TPSA) is 54.5 Å². The fourth-order valence-corrected chi connectivity index (χ4v) is 5.71. The summed E-state index contributed by atoms with van der Waals surface area (Å²) in [5.41, 5.74) is 1.36. The number of hydrogen-bond acceptors (Lipinski definition) is 5. The number of rotatable bonds is 4. The Morgan fingerprint density at radius 3 is 2.85 bits per heavy atom. The molecule has 4 fully saturated rings. The maximum Gasteiger partial charge on any atom is 0.185 e. The number of aromatic nitrogens is 1. The highest BCUT2D eigenvalue weighted by Gasteiger charge is 2.64. The number of ketones is 1. The molecule has 5 nitrogen and oxygen atoms in total. The van der Waals surface area contributed by atoms with Crippen LogP contribution in [0.1, 0.15) is 34.7 Å². The predicted molar refractivity (Wildman–Crippen MR) is 103 cm³/mol. The van der Waals surface area contributed by atoms with Gasteiger partial charge < -0.3 is 10.1 Å². The summed E-state index contributed by atoms with van der Waals surface area (Å²) in [6, 6.07) is 11.9. The van der Waals surface area contributed by atoms with Crippen molar-refractivity contribution in [1.82, 2.24) is 15.2 Å². The summed E-state index contributed by atoms with van der Waals surface area (Å²) in [4.78, 5) is 20.9. The second-order valence-corrected chi connectivity index (χ2v) is 7.94. The van der Waals surface area contributed by atoms with Gasteiger partial charge >= 0.3 is 0 Å². The van der Waals surface area contributed by atoms with E-state index in [4.69, 9.17) is 4.74 Å². The zero-order valence-corrected chi connectivity index (χ0v) is 15.6. The molecule has 0 saturated carbocycles. The molecule has 4 saturated heterocycles. The molecule has 0 radical (unpaired) electrons. The van der Waals surface area contributed by atoms with Crippen molar-refractivity contribution in [2.24, 2.45) is 5.92 Å². The molecule has 1 N–H and O–H groups in total. The Hall–Kier alpha value is -2.24. The summed E-state index contributed by atoms with van der Waals surface area (Å²) in [5, 5.41) is 3.74. The van der Waals surface area contributed by atoms with Gasteiger partial charge in [-0.05, 0) is 55.6 Å². The van der Waals surface area contributed by atoms with Crippen molar-refractivity contribution in [3.8, 4) is 5.75 Å². The lowest BCUT2D eigenvalue weighted by Gasteiger charge is -2.57. The van der Waals surface area contributed by atoms with E-state index in [1.807, 2.05) is 36.5 Å². The molecule has 2 bridgehead atoms. The molecule has 0 amide bonds. The maximum absolute atomic E-state index is 14.1. The predicted octanol–water partition coefficient (Wildman–Crippen LogP) is 2.49. The van der Waals surface area contributed by atoms with Gasteiger partial charge in [0.1, 0.15) is 11.3 Å². The minimum atomic E-state index is -0.531. The Morgan fingerprint density at radius 1 is 1.26 bits per heavy atom. The molecule has 1 aromatic carbocycles. The maximum atomic E-state index is 14.1. The Balaban J connectivity index is 1.65. The number of nitrogens with zero attached hydrogens (tertiary/aromatic N) is 2. The fraction of sp³-hybridized carbons (Fsp3) is 0.455. The molecule has 3 unspecified atom stereocenters. The minimum absolute atomic E-state index is 0.109. The number of nitrogens with one attached hydrogen (secondary N) is 1. The number of hydrogen-bond donors (Lipinski definition) is 1. The van der Waals surface area contributed by atoms with Crippen LogP contribution in [0.3, 0.4) is 0 Å². The largest absolute Gasteiger partial charge is 0.497 e. The first kappa shape index (κ1) is 16.9. The number of ether oxygens (including phenoxy) is 1. The molecule has 5 heterocycles. The highest BCUT2D eigenvalue weighted by Crippen LogP contribution is 2.51. The molecular weight excluding hydrogens is 338 g/mol. The number of carbonyl (C=O) groups is 1. The lowest BCUT2D eigenvalue weighted by molar-refractivity contribution is -0.0313. The zero-order chi connectivity index (χ0) is 18.4. The lowest BCUT2D eigenvalue weighted by atomic mass is 9.63. The van der Waals surface area contributed by atoms with E-state index in [1.54, 1.807) is 13.3 Å². The van der Waals surface area contributed by atoms with E-state index < -0.39 is 5.54 Å². The SMILES string of the molecule is COc1cccc(C(=O)C23C(c4cccnc4)CNC2C2CCN3CC2)c1. The number of pyridine rings is 1. The normalized spacial score (nSPS) is 34.3. The molecule has 140 valence electrons. The highest BCUT2D eigenvalue weighted by atomic mass is 16.5. The second kappa shape index (κ2) is 6.43. The Labute approximate surface area is 159 Å². The van der Waals surface area contributed by atoms with Crippen molar-refractivity contribution in [2.45, 2.75) is 30.3 Å². The third kappa shape index (κ3) is 2.38. The van der Waals surface area contributed by atoms with Gasteiger partial charge in [0.05, 0.1) is 7.11 Å². The number of Topliss-reactive ketones (excluding diaryl/α,β-unsaturated/α-hetero) is 1. The highest BCUT2D eigenvalue weighted by molar-refractivity contribution is 6.05. The first-order chi connectivity index (χ1) is 13.2. The van der Waals surface area contributed by atoms with Crippen molar-refractivity contribution in [3.05, 3.63) is 59.9 Å². The average molecular weight is 363 g/mol. The molecular formula is C22H25N3O2. The van der Waals surface area contributed by atoms with Crippen molar-refractivity contribution in [3.63, 3.8) is 0 Å². The molecule has 5 heteroatoms. The number of fused-ring (bicyclic) bond motifs is 2. The quantitative estimate of drug-likeness (QED) is 0.846. The van der Waals surface area contributed by atoms with Crippen LogP contribution in [0, 0.1) is 5.92 Å². The van der Waals surface area contributed by atoms with E-state index in [0.717, 1.165) is 36.5 Å². The van der Waals surface area contributed by atoms with Crippen LogP contribution in [0.15, 0.2) is 48.8 Å². The fourth-order valence-electron chi connectivity index (χ4n) is 5.71. The molecule has 1 aromatic heterocycles.